The minimum absolute atomic E-state index is 0.0829. The van der Waals surface area contributed by atoms with Crippen LogP contribution in [0.4, 0.5) is 0 Å². The van der Waals surface area contributed by atoms with Crippen LogP contribution in [0, 0.1) is 0 Å². The lowest BCUT2D eigenvalue weighted by atomic mass is 9.97. The summed E-state index contributed by atoms with van der Waals surface area (Å²) in [6.45, 7) is 0. The number of hydrogen-bond donors (Lipinski definition) is 0. The number of rotatable bonds is 6. The molecule has 1 unspecified atom stereocenters. The first kappa shape index (κ1) is 18.3. The molecule has 28 heavy (non-hydrogen) atoms. The molecule has 0 heterocycles. The molecule has 0 bridgehead atoms. The summed E-state index contributed by atoms with van der Waals surface area (Å²) < 4.78 is 11.0. The average molecular weight is 372 g/mol. The third kappa shape index (κ3) is 3.94. The first-order valence-electron chi connectivity index (χ1n) is 9.74. The molecule has 1 aliphatic carbocycles. The minimum Gasteiger partial charge on any atom is -0.486 e. The van der Waals surface area contributed by atoms with Crippen molar-refractivity contribution in [1.29, 1.82) is 0 Å². The summed E-state index contributed by atoms with van der Waals surface area (Å²) in [5.41, 5.74) is 6.36. The van der Waals surface area contributed by atoms with Crippen LogP contribution in [-0.2, 0) is 22.4 Å². The van der Waals surface area contributed by atoms with Crippen LogP contribution in [0.1, 0.15) is 35.6 Å². The quantitative estimate of drug-likeness (QED) is 0.534. The Hall–Kier alpha value is -3.07. The first-order chi connectivity index (χ1) is 13.7. The van der Waals surface area contributed by atoms with Crippen molar-refractivity contribution in [2.24, 2.45) is 0 Å². The predicted octanol–water partition coefficient (Wildman–Crippen LogP) is 5.53. The Morgan fingerprint density at radius 2 is 1.75 bits per heavy atom. The number of fused-ring (bicyclic) bond motifs is 1. The first-order valence-corrected chi connectivity index (χ1v) is 9.74. The Morgan fingerprint density at radius 3 is 2.50 bits per heavy atom. The van der Waals surface area contributed by atoms with E-state index in [4.69, 9.17) is 9.47 Å². The number of aryl methyl sites for hydroxylation is 1. The molecule has 0 saturated carbocycles. The van der Waals surface area contributed by atoms with Crippen LogP contribution >= 0.6 is 0 Å². The second kappa shape index (κ2) is 8.30. The maximum atomic E-state index is 11.3. The summed E-state index contributed by atoms with van der Waals surface area (Å²) in [7, 11) is 1.42. The van der Waals surface area contributed by atoms with Gasteiger partial charge in [0.25, 0.3) is 0 Å². The van der Waals surface area contributed by atoms with Crippen LogP contribution in [-0.4, -0.2) is 13.1 Å². The fourth-order valence-corrected chi connectivity index (χ4v) is 3.87. The molecule has 3 aromatic carbocycles. The van der Waals surface area contributed by atoms with Crippen LogP contribution in [0.3, 0.4) is 0 Å². The number of esters is 1. The molecule has 3 nitrogen and oxygen atoms in total. The van der Waals surface area contributed by atoms with Gasteiger partial charge in [0.05, 0.1) is 7.11 Å². The number of carbonyl (C=O) groups is 1. The third-order valence-electron chi connectivity index (χ3n) is 5.35. The van der Waals surface area contributed by atoms with Gasteiger partial charge in [-0.15, -0.1) is 0 Å². The second-order valence-corrected chi connectivity index (χ2v) is 7.10. The van der Waals surface area contributed by atoms with Crippen LogP contribution in [0.2, 0.25) is 0 Å². The standard InChI is InChI=1S/C25H24O3/c1-27-25(26)17-12-18-10-13-20(14-11-18)28-24-16-15-22-21(8-5-9-23(22)24)19-6-3-2-4-7-19/h2-11,13-14,24H,12,15-17H2,1H3. The topological polar surface area (TPSA) is 35.5 Å². The molecule has 3 heteroatoms. The van der Waals surface area contributed by atoms with E-state index >= 15 is 0 Å². The lowest BCUT2D eigenvalue weighted by Gasteiger charge is -2.16. The van der Waals surface area contributed by atoms with E-state index in [0.717, 1.165) is 24.2 Å². The average Bonchev–Trinajstić information content (AvgIpc) is 3.16. The number of benzene rings is 3. The van der Waals surface area contributed by atoms with Crippen molar-refractivity contribution in [3.05, 3.63) is 89.5 Å². The normalized spacial score (nSPS) is 15.1. The molecule has 1 aliphatic rings. The Bertz CT molecular complexity index is 945. The number of carbonyl (C=O) groups excluding carboxylic acids is 1. The van der Waals surface area contributed by atoms with Gasteiger partial charge in [0.1, 0.15) is 11.9 Å². The summed E-state index contributed by atoms with van der Waals surface area (Å²) >= 11 is 0. The lowest BCUT2D eigenvalue weighted by Crippen LogP contribution is -2.04. The van der Waals surface area contributed by atoms with Gasteiger partial charge in [-0.05, 0) is 59.2 Å². The van der Waals surface area contributed by atoms with Crippen LogP contribution < -0.4 is 4.74 Å². The molecule has 142 valence electrons. The van der Waals surface area contributed by atoms with Crippen molar-refractivity contribution in [3.8, 4) is 16.9 Å². The molecule has 0 aromatic heterocycles. The molecule has 0 N–H and O–H groups in total. The number of ether oxygens (including phenoxy) is 2. The van der Waals surface area contributed by atoms with Gasteiger partial charge in [0, 0.05) is 6.42 Å². The smallest absolute Gasteiger partial charge is 0.305 e. The molecule has 0 fully saturated rings. The van der Waals surface area contributed by atoms with E-state index in [0.29, 0.717) is 12.8 Å². The SMILES string of the molecule is COC(=O)CCc1ccc(OC2CCc3c(-c4ccccc4)cccc32)cc1. The molecule has 0 radical (unpaired) electrons. The summed E-state index contributed by atoms with van der Waals surface area (Å²) in [6.07, 6.45) is 3.18. The largest absolute Gasteiger partial charge is 0.486 e. The van der Waals surface area contributed by atoms with Crippen molar-refractivity contribution >= 4 is 5.97 Å². The van der Waals surface area contributed by atoms with E-state index in [1.165, 1.54) is 29.4 Å². The summed E-state index contributed by atoms with van der Waals surface area (Å²) in [5, 5.41) is 0. The van der Waals surface area contributed by atoms with Crippen molar-refractivity contribution in [3.63, 3.8) is 0 Å². The van der Waals surface area contributed by atoms with Gasteiger partial charge in [0.2, 0.25) is 0 Å². The third-order valence-corrected chi connectivity index (χ3v) is 5.35. The van der Waals surface area contributed by atoms with E-state index in [-0.39, 0.29) is 12.1 Å². The predicted molar refractivity (Wildman–Crippen MR) is 110 cm³/mol. The van der Waals surface area contributed by atoms with Crippen LogP contribution in [0.15, 0.2) is 72.8 Å². The van der Waals surface area contributed by atoms with Crippen molar-refractivity contribution in [1.82, 2.24) is 0 Å². The van der Waals surface area contributed by atoms with E-state index in [1.54, 1.807) is 0 Å². The van der Waals surface area contributed by atoms with Gasteiger partial charge in [-0.3, -0.25) is 4.79 Å². The zero-order valence-electron chi connectivity index (χ0n) is 16.1. The highest BCUT2D eigenvalue weighted by Crippen LogP contribution is 2.40. The number of hydrogen-bond acceptors (Lipinski definition) is 3. The van der Waals surface area contributed by atoms with E-state index in [9.17, 15) is 4.79 Å². The highest BCUT2D eigenvalue weighted by molar-refractivity contribution is 5.70. The van der Waals surface area contributed by atoms with Crippen molar-refractivity contribution in [2.75, 3.05) is 7.11 Å². The van der Waals surface area contributed by atoms with Crippen LogP contribution in [0.25, 0.3) is 11.1 Å². The Morgan fingerprint density at radius 1 is 0.964 bits per heavy atom. The highest BCUT2D eigenvalue weighted by atomic mass is 16.5. The molecule has 0 saturated heterocycles. The Labute approximate surface area is 165 Å². The van der Waals surface area contributed by atoms with Gasteiger partial charge in [0.15, 0.2) is 0 Å². The molecule has 4 rings (SSSR count). The fraction of sp³-hybridized carbons (Fsp3) is 0.240. The second-order valence-electron chi connectivity index (χ2n) is 7.10. The van der Waals surface area contributed by atoms with Gasteiger partial charge >= 0.3 is 5.97 Å². The van der Waals surface area contributed by atoms with Gasteiger partial charge in [-0.2, -0.15) is 0 Å². The van der Waals surface area contributed by atoms with E-state index < -0.39 is 0 Å². The molecule has 1 atom stereocenters. The molecular formula is C25H24O3. The van der Waals surface area contributed by atoms with Gasteiger partial charge in [-0.25, -0.2) is 0 Å². The summed E-state index contributed by atoms with van der Waals surface area (Å²) in [6, 6.07) is 25.1. The highest BCUT2D eigenvalue weighted by Gasteiger charge is 2.26. The maximum absolute atomic E-state index is 11.3. The number of methoxy groups -OCH3 is 1. The summed E-state index contributed by atoms with van der Waals surface area (Å²) in [5.74, 6) is 0.682. The minimum atomic E-state index is -0.183. The zero-order valence-corrected chi connectivity index (χ0v) is 16.1. The Kier molecular flexibility index (Phi) is 5.43. The summed E-state index contributed by atoms with van der Waals surface area (Å²) in [4.78, 5) is 11.3. The molecular weight excluding hydrogens is 348 g/mol. The van der Waals surface area contributed by atoms with Crippen molar-refractivity contribution in [2.45, 2.75) is 31.8 Å². The molecule has 0 spiro atoms. The van der Waals surface area contributed by atoms with Gasteiger partial charge < -0.3 is 9.47 Å². The molecule has 3 aromatic rings. The molecule has 0 aliphatic heterocycles. The fourth-order valence-electron chi connectivity index (χ4n) is 3.87. The maximum Gasteiger partial charge on any atom is 0.305 e. The monoisotopic (exact) mass is 372 g/mol. The van der Waals surface area contributed by atoms with Gasteiger partial charge in [-0.1, -0.05) is 60.7 Å². The zero-order chi connectivity index (χ0) is 19.3. The van der Waals surface area contributed by atoms with E-state index in [2.05, 4.69) is 42.5 Å². The van der Waals surface area contributed by atoms with Crippen molar-refractivity contribution < 1.29 is 14.3 Å². The van der Waals surface area contributed by atoms with Crippen LogP contribution in [0.5, 0.6) is 5.75 Å². The molecule has 0 amide bonds. The van der Waals surface area contributed by atoms with E-state index in [1.807, 2.05) is 30.3 Å². The lowest BCUT2D eigenvalue weighted by molar-refractivity contribution is -0.140. The Balaban J connectivity index is 1.48.